The molecule has 0 spiro atoms. The number of nitrogens with one attached hydrogen (secondary N) is 1. The van der Waals surface area contributed by atoms with E-state index in [2.05, 4.69) is 10.5 Å². The first-order valence-electron chi connectivity index (χ1n) is 7.58. The highest BCUT2D eigenvalue weighted by Crippen LogP contribution is 2.16. The number of hydrazone groups is 1. The lowest BCUT2D eigenvalue weighted by atomic mass is 10.2. The van der Waals surface area contributed by atoms with Crippen LogP contribution in [0.4, 0.5) is 0 Å². The van der Waals surface area contributed by atoms with Crippen molar-refractivity contribution in [3.63, 3.8) is 0 Å². The predicted molar refractivity (Wildman–Crippen MR) is 98.8 cm³/mol. The van der Waals surface area contributed by atoms with E-state index in [-0.39, 0.29) is 5.91 Å². The van der Waals surface area contributed by atoms with Crippen LogP contribution in [0.5, 0.6) is 5.75 Å². The Hall–Kier alpha value is -3.05. The van der Waals surface area contributed by atoms with Crippen LogP contribution in [-0.2, 0) is 0 Å². The van der Waals surface area contributed by atoms with Gasteiger partial charge in [-0.25, -0.2) is 5.43 Å². The highest BCUT2D eigenvalue weighted by molar-refractivity contribution is 6.33. The molecule has 1 aromatic heterocycles. The van der Waals surface area contributed by atoms with E-state index in [1.807, 2.05) is 47.3 Å². The summed E-state index contributed by atoms with van der Waals surface area (Å²) in [5, 5.41) is 4.37. The van der Waals surface area contributed by atoms with Gasteiger partial charge >= 0.3 is 0 Å². The molecule has 1 heterocycles. The maximum atomic E-state index is 12.0. The van der Waals surface area contributed by atoms with E-state index in [9.17, 15) is 4.79 Å². The van der Waals surface area contributed by atoms with E-state index in [0.717, 1.165) is 17.0 Å². The second-order valence-corrected chi connectivity index (χ2v) is 5.64. The van der Waals surface area contributed by atoms with Crippen LogP contribution in [0, 0.1) is 0 Å². The minimum Gasteiger partial charge on any atom is -0.497 e. The van der Waals surface area contributed by atoms with E-state index in [0.29, 0.717) is 10.6 Å². The molecule has 0 atom stereocenters. The number of carbonyl (C=O) groups excluding carboxylic acids is 1. The zero-order chi connectivity index (χ0) is 17.6. The molecule has 6 heteroatoms. The first kappa shape index (κ1) is 16.8. The lowest BCUT2D eigenvalue weighted by Crippen LogP contribution is -2.17. The number of benzene rings is 2. The number of hydrogen-bond acceptors (Lipinski definition) is 3. The quantitative estimate of drug-likeness (QED) is 0.558. The molecule has 3 aromatic rings. The van der Waals surface area contributed by atoms with Gasteiger partial charge in [0.05, 0.1) is 23.9 Å². The second-order valence-electron chi connectivity index (χ2n) is 5.23. The van der Waals surface area contributed by atoms with E-state index in [1.165, 1.54) is 0 Å². The number of carbonyl (C=O) groups is 1. The molecule has 0 bridgehead atoms. The van der Waals surface area contributed by atoms with Gasteiger partial charge in [0.2, 0.25) is 0 Å². The Kier molecular flexibility index (Phi) is 5.16. The van der Waals surface area contributed by atoms with Crippen molar-refractivity contribution in [2.45, 2.75) is 0 Å². The summed E-state index contributed by atoms with van der Waals surface area (Å²) < 4.78 is 7.11. The van der Waals surface area contributed by atoms with Crippen molar-refractivity contribution >= 4 is 23.7 Å². The molecular formula is C19H16ClN3O2. The number of amides is 1. The van der Waals surface area contributed by atoms with Crippen LogP contribution in [0.2, 0.25) is 5.02 Å². The first-order chi connectivity index (χ1) is 12.2. The third-order valence-corrected chi connectivity index (χ3v) is 3.91. The number of hydrogen-bond donors (Lipinski definition) is 1. The summed E-state index contributed by atoms with van der Waals surface area (Å²) in [7, 11) is 1.64. The zero-order valence-electron chi connectivity index (χ0n) is 13.5. The van der Waals surface area contributed by atoms with Gasteiger partial charge in [0, 0.05) is 23.6 Å². The molecule has 0 aliphatic heterocycles. The van der Waals surface area contributed by atoms with Crippen LogP contribution in [0.25, 0.3) is 5.69 Å². The maximum Gasteiger partial charge on any atom is 0.272 e. The van der Waals surface area contributed by atoms with Gasteiger partial charge in [-0.3, -0.25) is 4.79 Å². The molecule has 0 aliphatic carbocycles. The first-order valence-corrected chi connectivity index (χ1v) is 7.95. The van der Waals surface area contributed by atoms with Crippen LogP contribution in [0.1, 0.15) is 15.9 Å². The number of nitrogens with zero attached hydrogens (tertiary/aromatic N) is 2. The SMILES string of the molecule is COc1ccc(-n2ccc(/C=N\NC(=O)c3ccccc3Cl)c2)cc1. The van der Waals surface area contributed by atoms with Gasteiger partial charge in [0.25, 0.3) is 5.91 Å². The van der Waals surface area contributed by atoms with Gasteiger partial charge < -0.3 is 9.30 Å². The molecule has 5 nitrogen and oxygen atoms in total. The van der Waals surface area contributed by atoms with Crippen LogP contribution in [0.3, 0.4) is 0 Å². The van der Waals surface area contributed by atoms with E-state index in [1.54, 1.807) is 37.6 Å². The van der Waals surface area contributed by atoms with Gasteiger partial charge in [-0.05, 0) is 42.5 Å². The summed E-state index contributed by atoms with van der Waals surface area (Å²) in [6, 6.07) is 16.4. The summed E-state index contributed by atoms with van der Waals surface area (Å²) in [5.74, 6) is 0.455. The topological polar surface area (TPSA) is 55.6 Å². The fraction of sp³-hybridized carbons (Fsp3) is 0.0526. The number of rotatable bonds is 5. The summed E-state index contributed by atoms with van der Waals surface area (Å²) in [4.78, 5) is 12.0. The molecule has 3 rings (SSSR count). The third-order valence-electron chi connectivity index (χ3n) is 3.58. The number of methoxy groups -OCH3 is 1. The van der Waals surface area contributed by atoms with Crippen molar-refractivity contribution in [1.82, 2.24) is 9.99 Å². The van der Waals surface area contributed by atoms with Gasteiger partial charge in [-0.1, -0.05) is 23.7 Å². The molecule has 2 aromatic carbocycles. The van der Waals surface area contributed by atoms with E-state index < -0.39 is 0 Å². The maximum absolute atomic E-state index is 12.0. The van der Waals surface area contributed by atoms with Crippen molar-refractivity contribution in [3.8, 4) is 11.4 Å². The molecule has 0 unspecified atom stereocenters. The van der Waals surface area contributed by atoms with Gasteiger partial charge in [-0.15, -0.1) is 0 Å². The predicted octanol–water partition coefficient (Wildman–Crippen LogP) is 3.90. The highest BCUT2D eigenvalue weighted by Gasteiger charge is 2.07. The van der Waals surface area contributed by atoms with Crippen LogP contribution in [0.15, 0.2) is 72.1 Å². The Morgan fingerprint density at radius 1 is 1.16 bits per heavy atom. The standard InChI is InChI=1S/C19H16ClN3O2/c1-25-16-8-6-15(7-9-16)23-11-10-14(13-23)12-21-22-19(24)17-4-2-3-5-18(17)20/h2-13H,1H3,(H,22,24)/b21-12-. The Balaban J connectivity index is 1.65. The van der Waals surface area contributed by atoms with Crippen molar-refractivity contribution in [2.75, 3.05) is 7.11 Å². The Morgan fingerprint density at radius 3 is 2.64 bits per heavy atom. The third kappa shape index (κ3) is 4.08. The molecule has 126 valence electrons. The lowest BCUT2D eigenvalue weighted by molar-refractivity contribution is 0.0955. The summed E-state index contributed by atoms with van der Waals surface area (Å²) >= 11 is 5.98. The van der Waals surface area contributed by atoms with Crippen LogP contribution >= 0.6 is 11.6 Å². The molecule has 0 saturated carbocycles. The average molecular weight is 354 g/mol. The molecular weight excluding hydrogens is 338 g/mol. The Bertz CT molecular complexity index is 901. The Morgan fingerprint density at radius 2 is 1.92 bits per heavy atom. The summed E-state index contributed by atoms with van der Waals surface area (Å²) in [5.41, 5.74) is 4.72. The fourth-order valence-electron chi connectivity index (χ4n) is 2.28. The molecule has 0 radical (unpaired) electrons. The fourth-order valence-corrected chi connectivity index (χ4v) is 2.50. The molecule has 1 amide bonds. The Labute approximate surface area is 150 Å². The average Bonchev–Trinajstić information content (AvgIpc) is 3.11. The van der Waals surface area contributed by atoms with Crippen LogP contribution < -0.4 is 10.2 Å². The van der Waals surface area contributed by atoms with Crippen LogP contribution in [-0.4, -0.2) is 23.8 Å². The minimum absolute atomic E-state index is 0.351. The number of aromatic nitrogens is 1. The lowest BCUT2D eigenvalue weighted by Gasteiger charge is -2.04. The molecule has 0 saturated heterocycles. The summed E-state index contributed by atoms with van der Waals surface area (Å²) in [6.07, 6.45) is 5.40. The largest absolute Gasteiger partial charge is 0.497 e. The smallest absolute Gasteiger partial charge is 0.272 e. The van der Waals surface area contributed by atoms with Crippen molar-refractivity contribution in [1.29, 1.82) is 0 Å². The van der Waals surface area contributed by atoms with Crippen molar-refractivity contribution in [3.05, 3.63) is 83.1 Å². The van der Waals surface area contributed by atoms with Gasteiger partial charge in [0.15, 0.2) is 0 Å². The number of halogens is 1. The zero-order valence-corrected chi connectivity index (χ0v) is 14.3. The van der Waals surface area contributed by atoms with Crippen molar-refractivity contribution in [2.24, 2.45) is 5.10 Å². The van der Waals surface area contributed by atoms with E-state index >= 15 is 0 Å². The molecule has 1 N–H and O–H groups in total. The molecule has 0 aliphatic rings. The minimum atomic E-state index is -0.351. The summed E-state index contributed by atoms with van der Waals surface area (Å²) in [6.45, 7) is 0. The van der Waals surface area contributed by atoms with Crippen molar-refractivity contribution < 1.29 is 9.53 Å². The number of ether oxygens (including phenoxy) is 1. The van der Waals surface area contributed by atoms with Gasteiger partial charge in [0.1, 0.15) is 5.75 Å². The monoisotopic (exact) mass is 353 g/mol. The second kappa shape index (κ2) is 7.68. The normalized spacial score (nSPS) is 10.8. The van der Waals surface area contributed by atoms with E-state index in [4.69, 9.17) is 16.3 Å². The molecule has 25 heavy (non-hydrogen) atoms. The molecule has 0 fully saturated rings. The van der Waals surface area contributed by atoms with Gasteiger partial charge in [-0.2, -0.15) is 5.10 Å². The highest BCUT2D eigenvalue weighted by atomic mass is 35.5.